The molecule has 1 atom stereocenters. The predicted molar refractivity (Wildman–Crippen MR) is 80.4 cm³/mol. The standard InChI is InChI=1S/C17H27NO/c1-16(2,3)18-12-17(4,19)15-10-8-14(9-11-15)13-6-5-7-13/h8-11,13,18-19H,5-7,12H2,1-4H3. The van der Waals surface area contributed by atoms with Gasteiger partial charge in [0.2, 0.25) is 0 Å². The second-order valence-electron chi connectivity index (χ2n) is 7.13. The molecular weight excluding hydrogens is 234 g/mol. The highest BCUT2D eigenvalue weighted by molar-refractivity contribution is 5.30. The number of nitrogens with one attached hydrogen (secondary N) is 1. The Morgan fingerprint density at radius 1 is 1.11 bits per heavy atom. The van der Waals surface area contributed by atoms with Crippen LogP contribution in [0.1, 0.15) is 64.0 Å². The second-order valence-corrected chi connectivity index (χ2v) is 7.13. The Morgan fingerprint density at radius 3 is 2.11 bits per heavy atom. The van der Waals surface area contributed by atoms with Crippen molar-refractivity contribution in [3.63, 3.8) is 0 Å². The molecule has 0 heterocycles. The molecule has 106 valence electrons. The maximum Gasteiger partial charge on any atom is 0.0992 e. The van der Waals surface area contributed by atoms with E-state index < -0.39 is 5.60 Å². The maximum absolute atomic E-state index is 10.6. The molecule has 2 heteroatoms. The molecule has 1 aliphatic rings. The molecule has 2 N–H and O–H groups in total. The smallest absolute Gasteiger partial charge is 0.0992 e. The van der Waals surface area contributed by atoms with Gasteiger partial charge in [-0.25, -0.2) is 0 Å². The Bertz CT molecular complexity index is 410. The first-order chi connectivity index (χ1) is 8.78. The number of benzene rings is 1. The van der Waals surface area contributed by atoms with Crippen molar-refractivity contribution in [1.82, 2.24) is 5.32 Å². The van der Waals surface area contributed by atoms with Crippen molar-refractivity contribution in [3.8, 4) is 0 Å². The zero-order chi connectivity index (χ0) is 14.1. The largest absolute Gasteiger partial charge is 0.384 e. The van der Waals surface area contributed by atoms with Crippen LogP contribution in [0.15, 0.2) is 24.3 Å². The van der Waals surface area contributed by atoms with E-state index in [1.165, 1.54) is 24.8 Å². The molecule has 1 aromatic carbocycles. The van der Waals surface area contributed by atoms with E-state index in [1.54, 1.807) is 0 Å². The van der Waals surface area contributed by atoms with Crippen molar-refractivity contribution < 1.29 is 5.11 Å². The van der Waals surface area contributed by atoms with E-state index in [0.717, 1.165) is 11.5 Å². The third-order valence-electron chi connectivity index (χ3n) is 4.07. The van der Waals surface area contributed by atoms with E-state index in [0.29, 0.717) is 6.54 Å². The fourth-order valence-corrected chi connectivity index (χ4v) is 2.40. The fraction of sp³-hybridized carbons (Fsp3) is 0.647. The van der Waals surface area contributed by atoms with Crippen molar-refractivity contribution in [3.05, 3.63) is 35.4 Å². The number of rotatable bonds is 4. The van der Waals surface area contributed by atoms with Gasteiger partial charge in [-0.15, -0.1) is 0 Å². The maximum atomic E-state index is 10.6. The highest BCUT2D eigenvalue weighted by Crippen LogP contribution is 2.36. The zero-order valence-corrected chi connectivity index (χ0v) is 12.7. The number of hydrogen-bond acceptors (Lipinski definition) is 2. The SMILES string of the molecule is CC(C)(C)NCC(C)(O)c1ccc(C2CCC2)cc1. The van der Waals surface area contributed by atoms with Gasteiger partial charge < -0.3 is 10.4 Å². The summed E-state index contributed by atoms with van der Waals surface area (Å²) in [5, 5.41) is 14.0. The summed E-state index contributed by atoms with van der Waals surface area (Å²) >= 11 is 0. The third kappa shape index (κ3) is 3.80. The van der Waals surface area contributed by atoms with Crippen LogP contribution in [0.3, 0.4) is 0 Å². The van der Waals surface area contributed by atoms with Crippen molar-refractivity contribution >= 4 is 0 Å². The molecule has 0 amide bonds. The van der Waals surface area contributed by atoms with Crippen LogP contribution < -0.4 is 5.32 Å². The number of hydrogen-bond donors (Lipinski definition) is 2. The van der Waals surface area contributed by atoms with Crippen LogP contribution in [0, 0.1) is 0 Å². The average molecular weight is 261 g/mol. The van der Waals surface area contributed by atoms with E-state index in [4.69, 9.17) is 0 Å². The Balaban J connectivity index is 2.03. The molecule has 19 heavy (non-hydrogen) atoms. The fourth-order valence-electron chi connectivity index (χ4n) is 2.40. The third-order valence-corrected chi connectivity index (χ3v) is 4.07. The second kappa shape index (κ2) is 5.26. The van der Waals surface area contributed by atoms with Crippen LogP contribution in [-0.4, -0.2) is 17.2 Å². The minimum atomic E-state index is -0.814. The van der Waals surface area contributed by atoms with E-state index in [2.05, 4.69) is 50.4 Å². The molecule has 0 aromatic heterocycles. The van der Waals surface area contributed by atoms with Gasteiger partial charge in [-0.2, -0.15) is 0 Å². The van der Waals surface area contributed by atoms with Crippen LogP contribution >= 0.6 is 0 Å². The molecule has 0 aliphatic heterocycles. The van der Waals surface area contributed by atoms with Crippen molar-refractivity contribution in [2.45, 2.75) is 64.0 Å². The summed E-state index contributed by atoms with van der Waals surface area (Å²) < 4.78 is 0. The molecule has 2 nitrogen and oxygen atoms in total. The summed E-state index contributed by atoms with van der Waals surface area (Å²) in [6.45, 7) is 8.79. The van der Waals surface area contributed by atoms with Crippen molar-refractivity contribution in [2.75, 3.05) is 6.54 Å². The van der Waals surface area contributed by atoms with Gasteiger partial charge in [-0.3, -0.25) is 0 Å². The lowest BCUT2D eigenvalue weighted by Crippen LogP contribution is -2.44. The Labute approximate surface area is 117 Å². The van der Waals surface area contributed by atoms with Gasteiger partial charge in [-0.05, 0) is 57.6 Å². The molecule has 0 saturated heterocycles. The molecular formula is C17H27NO. The summed E-state index contributed by atoms with van der Waals surface area (Å²) in [5.41, 5.74) is 1.63. The van der Waals surface area contributed by atoms with Crippen LogP contribution in [0.2, 0.25) is 0 Å². The predicted octanol–water partition coefficient (Wildman–Crippen LogP) is 3.55. The molecule has 1 unspecified atom stereocenters. The molecule has 0 radical (unpaired) electrons. The quantitative estimate of drug-likeness (QED) is 0.868. The van der Waals surface area contributed by atoms with Gasteiger partial charge in [0.25, 0.3) is 0 Å². The van der Waals surface area contributed by atoms with Crippen LogP contribution in [0.25, 0.3) is 0 Å². The monoisotopic (exact) mass is 261 g/mol. The van der Waals surface area contributed by atoms with Gasteiger partial charge in [0.05, 0.1) is 5.60 Å². The summed E-state index contributed by atoms with van der Waals surface area (Å²) in [4.78, 5) is 0. The van der Waals surface area contributed by atoms with Crippen molar-refractivity contribution in [1.29, 1.82) is 0 Å². The molecule has 1 fully saturated rings. The van der Waals surface area contributed by atoms with Crippen LogP contribution in [0.5, 0.6) is 0 Å². The zero-order valence-electron chi connectivity index (χ0n) is 12.7. The van der Waals surface area contributed by atoms with Crippen LogP contribution in [-0.2, 0) is 5.60 Å². The lowest BCUT2D eigenvalue weighted by molar-refractivity contribution is 0.0501. The summed E-state index contributed by atoms with van der Waals surface area (Å²) in [6.07, 6.45) is 4.00. The first kappa shape index (κ1) is 14.5. The Kier molecular flexibility index (Phi) is 4.03. The lowest BCUT2D eigenvalue weighted by Gasteiger charge is -2.31. The van der Waals surface area contributed by atoms with Gasteiger partial charge in [0, 0.05) is 12.1 Å². The van der Waals surface area contributed by atoms with E-state index in [1.807, 2.05) is 6.92 Å². The molecule has 1 aromatic rings. The highest BCUT2D eigenvalue weighted by atomic mass is 16.3. The lowest BCUT2D eigenvalue weighted by atomic mass is 9.79. The first-order valence-corrected chi connectivity index (χ1v) is 7.36. The van der Waals surface area contributed by atoms with E-state index in [9.17, 15) is 5.11 Å². The normalized spacial score (nSPS) is 19.8. The minimum absolute atomic E-state index is 0.0237. The summed E-state index contributed by atoms with van der Waals surface area (Å²) in [7, 11) is 0. The minimum Gasteiger partial charge on any atom is -0.384 e. The van der Waals surface area contributed by atoms with E-state index >= 15 is 0 Å². The molecule has 2 rings (SSSR count). The van der Waals surface area contributed by atoms with Gasteiger partial charge in [0.15, 0.2) is 0 Å². The first-order valence-electron chi connectivity index (χ1n) is 7.36. The van der Waals surface area contributed by atoms with Gasteiger partial charge in [-0.1, -0.05) is 30.7 Å². The van der Waals surface area contributed by atoms with Crippen molar-refractivity contribution in [2.24, 2.45) is 0 Å². The Hall–Kier alpha value is -0.860. The van der Waals surface area contributed by atoms with Gasteiger partial charge in [0.1, 0.15) is 0 Å². The summed E-state index contributed by atoms with van der Waals surface area (Å²) in [5.74, 6) is 0.756. The van der Waals surface area contributed by atoms with E-state index in [-0.39, 0.29) is 5.54 Å². The molecule has 1 saturated carbocycles. The summed E-state index contributed by atoms with van der Waals surface area (Å²) in [6, 6.07) is 8.53. The molecule has 0 bridgehead atoms. The topological polar surface area (TPSA) is 32.3 Å². The van der Waals surface area contributed by atoms with Gasteiger partial charge >= 0.3 is 0 Å². The molecule has 0 spiro atoms. The Morgan fingerprint density at radius 2 is 1.68 bits per heavy atom. The molecule has 1 aliphatic carbocycles. The average Bonchev–Trinajstić information content (AvgIpc) is 2.24. The number of aliphatic hydroxyl groups is 1. The van der Waals surface area contributed by atoms with Crippen LogP contribution in [0.4, 0.5) is 0 Å². The number of β-amino-alcohol motifs (C(OH)–C–C–N with tert-alkyl or cyclic N) is 1. The highest BCUT2D eigenvalue weighted by Gasteiger charge is 2.26.